The predicted molar refractivity (Wildman–Crippen MR) is 78.5 cm³/mol. The first kappa shape index (κ1) is 15.0. The zero-order valence-electron chi connectivity index (χ0n) is 11.5. The van der Waals surface area contributed by atoms with E-state index in [9.17, 15) is 0 Å². The van der Waals surface area contributed by atoms with Gasteiger partial charge in [0.25, 0.3) is 0 Å². The molecular formula is C15H21BrO3. The molecule has 0 aliphatic carbocycles. The van der Waals surface area contributed by atoms with Gasteiger partial charge in [0.2, 0.25) is 0 Å². The summed E-state index contributed by atoms with van der Waals surface area (Å²) >= 11 is 3.52. The number of ether oxygens (including phenoxy) is 3. The maximum Gasteiger partial charge on any atom is 0.157 e. The van der Waals surface area contributed by atoms with E-state index in [1.807, 2.05) is 12.1 Å². The lowest BCUT2D eigenvalue weighted by molar-refractivity contribution is -0.261. The van der Waals surface area contributed by atoms with Crippen LogP contribution in [0.3, 0.4) is 0 Å². The first-order chi connectivity index (χ1) is 9.19. The van der Waals surface area contributed by atoms with Crippen LogP contribution in [0.2, 0.25) is 0 Å². The number of benzene rings is 1. The zero-order valence-corrected chi connectivity index (χ0v) is 13.1. The summed E-state index contributed by atoms with van der Waals surface area (Å²) in [6, 6.07) is 8.27. The molecule has 0 bridgehead atoms. The Labute approximate surface area is 123 Å². The molecule has 1 aliphatic rings. The smallest absolute Gasteiger partial charge is 0.157 e. The van der Waals surface area contributed by atoms with Crippen molar-refractivity contribution in [3.8, 4) is 0 Å². The van der Waals surface area contributed by atoms with Crippen LogP contribution < -0.4 is 0 Å². The second-order valence-electron chi connectivity index (χ2n) is 4.99. The molecule has 0 spiro atoms. The number of aryl methyl sites for hydroxylation is 1. The van der Waals surface area contributed by atoms with Crippen molar-refractivity contribution in [3.63, 3.8) is 0 Å². The minimum atomic E-state index is -0.381. The highest BCUT2D eigenvalue weighted by molar-refractivity contribution is 9.09. The quantitative estimate of drug-likeness (QED) is 0.775. The van der Waals surface area contributed by atoms with Gasteiger partial charge in [-0.2, -0.15) is 0 Å². The normalized spacial score (nSPS) is 27.4. The minimum absolute atomic E-state index is 0.0887. The highest BCUT2D eigenvalue weighted by atomic mass is 79.9. The Balaban J connectivity index is 1.95. The van der Waals surface area contributed by atoms with Crippen LogP contribution in [0, 0.1) is 6.92 Å². The molecule has 1 aromatic rings. The summed E-state index contributed by atoms with van der Waals surface area (Å²) in [4.78, 5) is 0. The van der Waals surface area contributed by atoms with Crippen molar-refractivity contribution in [2.24, 2.45) is 0 Å². The van der Waals surface area contributed by atoms with E-state index in [4.69, 9.17) is 14.2 Å². The fourth-order valence-corrected chi connectivity index (χ4v) is 2.50. The van der Waals surface area contributed by atoms with Crippen LogP contribution in [0.15, 0.2) is 24.3 Å². The summed E-state index contributed by atoms with van der Waals surface area (Å²) in [7, 11) is 0. The number of alkyl halides is 1. The second kappa shape index (κ2) is 6.84. The van der Waals surface area contributed by atoms with E-state index < -0.39 is 0 Å². The minimum Gasteiger partial charge on any atom is -0.365 e. The molecule has 1 fully saturated rings. The third-order valence-electron chi connectivity index (χ3n) is 3.44. The maximum absolute atomic E-state index is 6.08. The Morgan fingerprint density at radius 3 is 2.58 bits per heavy atom. The van der Waals surface area contributed by atoms with E-state index in [1.54, 1.807) is 0 Å². The molecule has 19 heavy (non-hydrogen) atoms. The molecule has 0 N–H and O–H groups in total. The molecule has 0 amide bonds. The topological polar surface area (TPSA) is 27.7 Å². The standard InChI is InChI=1S/C15H21BrO3/c1-3-14-17-10-15(9-16,11-18-14)19-8-13-7-5-4-6-12(13)2/h4-7,14H,3,8-11H2,1-2H3. The van der Waals surface area contributed by atoms with E-state index >= 15 is 0 Å². The molecule has 0 atom stereocenters. The van der Waals surface area contributed by atoms with E-state index in [-0.39, 0.29) is 11.9 Å². The molecule has 0 saturated carbocycles. The third-order valence-corrected chi connectivity index (χ3v) is 4.46. The van der Waals surface area contributed by atoms with Gasteiger partial charge in [0.05, 0.1) is 19.8 Å². The monoisotopic (exact) mass is 328 g/mol. The Hall–Kier alpha value is -0.420. The molecule has 0 unspecified atom stereocenters. The molecule has 1 aromatic carbocycles. The molecule has 1 heterocycles. The van der Waals surface area contributed by atoms with Gasteiger partial charge in [-0.3, -0.25) is 0 Å². The second-order valence-corrected chi connectivity index (χ2v) is 5.55. The Morgan fingerprint density at radius 1 is 1.32 bits per heavy atom. The van der Waals surface area contributed by atoms with Crippen LogP contribution in [0.5, 0.6) is 0 Å². The molecule has 2 rings (SSSR count). The summed E-state index contributed by atoms with van der Waals surface area (Å²) in [6.07, 6.45) is 0.783. The lowest BCUT2D eigenvalue weighted by Crippen LogP contribution is -2.50. The highest BCUT2D eigenvalue weighted by Gasteiger charge is 2.36. The fourth-order valence-electron chi connectivity index (χ4n) is 2.02. The molecule has 0 radical (unpaired) electrons. The molecule has 106 valence electrons. The Kier molecular flexibility index (Phi) is 5.39. The van der Waals surface area contributed by atoms with Gasteiger partial charge in [-0.05, 0) is 24.5 Å². The predicted octanol–water partition coefficient (Wildman–Crippen LogP) is 3.43. The van der Waals surface area contributed by atoms with Gasteiger partial charge in [-0.15, -0.1) is 0 Å². The zero-order chi connectivity index (χ0) is 13.7. The van der Waals surface area contributed by atoms with Gasteiger partial charge in [-0.25, -0.2) is 0 Å². The van der Waals surface area contributed by atoms with E-state index in [2.05, 4.69) is 41.9 Å². The molecular weight excluding hydrogens is 308 g/mol. The van der Waals surface area contributed by atoms with Crippen molar-refractivity contribution in [2.75, 3.05) is 18.5 Å². The fraction of sp³-hybridized carbons (Fsp3) is 0.600. The Bertz CT molecular complexity index is 400. The van der Waals surface area contributed by atoms with E-state index in [1.165, 1.54) is 11.1 Å². The first-order valence-electron chi connectivity index (χ1n) is 6.67. The summed E-state index contributed by atoms with van der Waals surface area (Å²) in [6.45, 7) is 5.88. The van der Waals surface area contributed by atoms with Gasteiger partial charge in [-0.1, -0.05) is 47.1 Å². The lowest BCUT2D eigenvalue weighted by atomic mass is 10.1. The van der Waals surface area contributed by atoms with Gasteiger partial charge < -0.3 is 14.2 Å². The average Bonchev–Trinajstić information content (AvgIpc) is 2.47. The van der Waals surface area contributed by atoms with Crippen molar-refractivity contribution < 1.29 is 14.2 Å². The maximum atomic E-state index is 6.08. The van der Waals surface area contributed by atoms with Crippen molar-refractivity contribution in [3.05, 3.63) is 35.4 Å². The number of hydrogen-bond acceptors (Lipinski definition) is 3. The van der Waals surface area contributed by atoms with Crippen molar-refractivity contribution in [1.82, 2.24) is 0 Å². The van der Waals surface area contributed by atoms with Gasteiger partial charge >= 0.3 is 0 Å². The van der Waals surface area contributed by atoms with Crippen molar-refractivity contribution in [1.29, 1.82) is 0 Å². The third kappa shape index (κ3) is 3.78. The summed E-state index contributed by atoms with van der Waals surface area (Å²) < 4.78 is 17.4. The van der Waals surface area contributed by atoms with E-state index in [0.717, 1.165) is 6.42 Å². The van der Waals surface area contributed by atoms with Crippen LogP contribution in [0.1, 0.15) is 24.5 Å². The van der Waals surface area contributed by atoms with Crippen LogP contribution in [-0.4, -0.2) is 30.4 Å². The molecule has 1 saturated heterocycles. The molecule has 0 aromatic heterocycles. The summed E-state index contributed by atoms with van der Waals surface area (Å²) in [5, 5.41) is 0.711. The number of rotatable bonds is 5. The number of halogens is 1. The SMILES string of the molecule is CCC1OCC(CBr)(OCc2ccccc2C)CO1. The first-order valence-corrected chi connectivity index (χ1v) is 7.79. The molecule has 1 aliphatic heterocycles. The van der Waals surface area contributed by atoms with Crippen LogP contribution in [0.4, 0.5) is 0 Å². The van der Waals surface area contributed by atoms with Gasteiger partial charge in [0, 0.05) is 5.33 Å². The average molecular weight is 329 g/mol. The summed E-state index contributed by atoms with van der Waals surface area (Å²) in [5.74, 6) is 0. The molecule has 4 heteroatoms. The van der Waals surface area contributed by atoms with Gasteiger partial charge in [0.1, 0.15) is 5.60 Å². The molecule has 3 nitrogen and oxygen atoms in total. The highest BCUT2D eigenvalue weighted by Crippen LogP contribution is 2.25. The van der Waals surface area contributed by atoms with Gasteiger partial charge in [0.15, 0.2) is 6.29 Å². The van der Waals surface area contributed by atoms with Crippen LogP contribution >= 0.6 is 15.9 Å². The van der Waals surface area contributed by atoms with E-state index in [0.29, 0.717) is 25.2 Å². The Morgan fingerprint density at radius 2 is 2.00 bits per heavy atom. The largest absolute Gasteiger partial charge is 0.365 e. The summed E-state index contributed by atoms with van der Waals surface area (Å²) in [5.41, 5.74) is 2.07. The van der Waals surface area contributed by atoms with Crippen LogP contribution in [-0.2, 0) is 20.8 Å². The number of hydrogen-bond donors (Lipinski definition) is 0. The van der Waals surface area contributed by atoms with Crippen LogP contribution in [0.25, 0.3) is 0 Å². The lowest BCUT2D eigenvalue weighted by Gasteiger charge is -2.38. The van der Waals surface area contributed by atoms with Crippen molar-refractivity contribution in [2.45, 2.75) is 38.8 Å². The van der Waals surface area contributed by atoms with Crippen molar-refractivity contribution >= 4 is 15.9 Å².